The summed E-state index contributed by atoms with van der Waals surface area (Å²) >= 11 is 0. The highest BCUT2D eigenvalue weighted by atomic mass is 16.8. The van der Waals surface area contributed by atoms with Crippen LogP contribution in [0.5, 0.6) is 0 Å². The fourth-order valence-corrected chi connectivity index (χ4v) is 2.10. The van der Waals surface area contributed by atoms with Crippen molar-refractivity contribution in [3.05, 3.63) is 0 Å². The van der Waals surface area contributed by atoms with Crippen molar-refractivity contribution in [3.63, 3.8) is 0 Å². The standard InChI is InChI=1S/C12H19NO6/c1-3-4-5-16-11-10-9(18-12(15)19-10)8(17-11)6-13-7(2)14/h8-11H,3-6H2,1-2H3,(H,13,14)/t8-,9-,10-,11-/m1/s1. The van der Waals surface area contributed by atoms with Gasteiger partial charge in [-0.05, 0) is 6.42 Å². The van der Waals surface area contributed by atoms with Crippen LogP contribution in [-0.4, -0.2) is 49.8 Å². The van der Waals surface area contributed by atoms with Gasteiger partial charge in [-0.25, -0.2) is 4.79 Å². The quantitative estimate of drug-likeness (QED) is 0.562. The normalized spacial score (nSPS) is 32.6. The summed E-state index contributed by atoms with van der Waals surface area (Å²) in [5.41, 5.74) is 0. The molecule has 1 N–H and O–H groups in total. The van der Waals surface area contributed by atoms with E-state index in [1.807, 2.05) is 0 Å². The van der Waals surface area contributed by atoms with E-state index in [2.05, 4.69) is 12.2 Å². The number of ether oxygens (including phenoxy) is 4. The smallest absolute Gasteiger partial charge is 0.424 e. The zero-order valence-corrected chi connectivity index (χ0v) is 11.1. The van der Waals surface area contributed by atoms with Crippen molar-refractivity contribution in [2.45, 2.75) is 51.3 Å². The minimum atomic E-state index is -0.713. The Labute approximate surface area is 111 Å². The molecule has 2 heterocycles. The third kappa shape index (κ3) is 3.36. The molecule has 7 nitrogen and oxygen atoms in total. The largest absolute Gasteiger partial charge is 0.509 e. The summed E-state index contributed by atoms with van der Waals surface area (Å²) in [6, 6.07) is 0. The van der Waals surface area contributed by atoms with Crippen LogP contribution >= 0.6 is 0 Å². The molecule has 0 aromatic rings. The Morgan fingerprint density at radius 1 is 1.37 bits per heavy atom. The van der Waals surface area contributed by atoms with E-state index in [-0.39, 0.29) is 12.5 Å². The average Bonchev–Trinajstić information content (AvgIpc) is 2.86. The van der Waals surface area contributed by atoms with Crippen LogP contribution in [0.2, 0.25) is 0 Å². The Hall–Kier alpha value is -1.34. The number of nitrogens with one attached hydrogen (secondary N) is 1. The number of fused-ring (bicyclic) bond motifs is 1. The van der Waals surface area contributed by atoms with Crippen molar-refractivity contribution in [2.75, 3.05) is 13.2 Å². The number of carbonyl (C=O) groups is 2. The molecule has 0 aliphatic carbocycles. The lowest BCUT2D eigenvalue weighted by atomic mass is 10.1. The van der Waals surface area contributed by atoms with Crippen molar-refractivity contribution in [1.29, 1.82) is 0 Å². The highest BCUT2D eigenvalue weighted by molar-refractivity contribution is 5.72. The summed E-state index contributed by atoms with van der Waals surface area (Å²) in [7, 11) is 0. The fourth-order valence-electron chi connectivity index (χ4n) is 2.10. The third-order valence-electron chi connectivity index (χ3n) is 3.06. The zero-order chi connectivity index (χ0) is 13.8. The third-order valence-corrected chi connectivity index (χ3v) is 3.06. The maximum atomic E-state index is 11.2. The molecule has 2 aliphatic rings. The number of carbonyl (C=O) groups excluding carboxylic acids is 2. The van der Waals surface area contributed by atoms with Crippen LogP contribution in [0.4, 0.5) is 4.79 Å². The Kier molecular flexibility index (Phi) is 4.60. The maximum Gasteiger partial charge on any atom is 0.509 e. The van der Waals surface area contributed by atoms with Crippen LogP contribution in [0.15, 0.2) is 0 Å². The molecular weight excluding hydrogens is 254 g/mol. The second-order valence-electron chi connectivity index (χ2n) is 4.62. The fraction of sp³-hybridized carbons (Fsp3) is 0.833. The summed E-state index contributed by atoms with van der Waals surface area (Å²) in [6.07, 6.45) is -0.937. The van der Waals surface area contributed by atoms with E-state index < -0.39 is 30.8 Å². The first-order valence-electron chi connectivity index (χ1n) is 6.50. The zero-order valence-electron chi connectivity index (χ0n) is 11.1. The minimum absolute atomic E-state index is 0.166. The van der Waals surface area contributed by atoms with Gasteiger partial charge in [0.25, 0.3) is 0 Å². The molecule has 0 spiro atoms. The molecule has 4 atom stereocenters. The Morgan fingerprint density at radius 3 is 2.79 bits per heavy atom. The monoisotopic (exact) mass is 273 g/mol. The van der Waals surface area contributed by atoms with Crippen LogP contribution in [0.1, 0.15) is 26.7 Å². The van der Waals surface area contributed by atoms with E-state index in [4.69, 9.17) is 18.9 Å². The van der Waals surface area contributed by atoms with Crippen LogP contribution < -0.4 is 5.32 Å². The second-order valence-corrected chi connectivity index (χ2v) is 4.62. The highest BCUT2D eigenvalue weighted by Gasteiger charge is 2.54. The molecule has 0 saturated carbocycles. The van der Waals surface area contributed by atoms with Crippen LogP contribution in [-0.2, 0) is 23.7 Å². The molecule has 19 heavy (non-hydrogen) atoms. The Morgan fingerprint density at radius 2 is 2.11 bits per heavy atom. The number of rotatable bonds is 6. The molecule has 108 valence electrons. The van der Waals surface area contributed by atoms with E-state index in [1.165, 1.54) is 6.92 Å². The lowest BCUT2D eigenvalue weighted by Gasteiger charge is -2.16. The predicted molar refractivity (Wildman–Crippen MR) is 63.3 cm³/mol. The summed E-state index contributed by atoms with van der Waals surface area (Å²) < 4.78 is 21.3. The van der Waals surface area contributed by atoms with Crippen LogP contribution in [0.25, 0.3) is 0 Å². The van der Waals surface area contributed by atoms with Crippen LogP contribution in [0, 0.1) is 0 Å². The van der Waals surface area contributed by atoms with Gasteiger partial charge in [0.15, 0.2) is 18.5 Å². The van der Waals surface area contributed by atoms with Gasteiger partial charge in [-0.3, -0.25) is 4.79 Å². The first kappa shape index (κ1) is 14.1. The molecule has 2 fully saturated rings. The molecular formula is C12H19NO6. The molecule has 0 aromatic carbocycles. The number of amides is 1. The van der Waals surface area contributed by atoms with E-state index in [0.29, 0.717) is 6.61 Å². The summed E-state index contributed by atoms with van der Waals surface area (Å²) in [6.45, 7) is 4.27. The van der Waals surface area contributed by atoms with E-state index >= 15 is 0 Å². The average molecular weight is 273 g/mol. The van der Waals surface area contributed by atoms with Crippen molar-refractivity contribution in [1.82, 2.24) is 5.32 Å². The molecule has 1 amide bonds. The van der Waals surface area contributed by atoms with E-state index in [9.17, 15) is 9.59 Å². The second kappa shape index (κ2) is 6.21. The molecule has 2 aliphatic heterocycles. The lowest BCUT2D eigenvalue weighted by Crippen LogP contribution is -2.38. The Balaban J connectivity index is 1.91. The van der Waals surface area contributed by atoms with Crippen molar-refractivity contribution < 1.29 is 28.5 Å². The number of hydrogen-bond acceptors (Lipinski definition) is 6. The molecule has 0 radical (unpaired) electrons. The van der Waals surface area contributed by atoms with Gasteiger partial charge in [0.05, 0.1) is 0 Å². The predicted octanol–water partition coefficient (Wildman–Crippen LogP) is 0.568. The maximum absolute atomic E-state index is 11.2. The van der Waals surface area contributed by atoms with Crippen molar-refractivity contribution in [2.24, 2.45) is 0 Å². The van der Waals surface area contributed by atoms with Crippen LogP contribution in [0.3, 0.4) is 0 Å². The molecule has 2 saturated heterocycles. The van der Waals surface area contributed by atoms with E-state index in [1.54, 1.807) is 0 Å². The number of unbranched alkanes of at least 4 members (excludes halogenated alkanes) is 1. The van der Waals surface area contributed by atoms with Gasteiger partial charge in [0.1, 0.15) is 6.10 Å². The highest BCUT2D eigenvalue weighted by Crippen LogP contribution is 2.32. The number of hydrogen-bond donors (Lipinski definition) is 1. The molecule has 0 unspecified atom stereocenters. The summed E-state index contributed by atoms with van der Waals surface area (Å²) in [5.74, 6) is -0.166. The lowest BCUT2D eigenvalue weighted by molar-refractivity contribution is -0.167. The van der Waals surface area contributed by atoms with Gasteiger partial charge >= 0.3 is 6.16 Å². The van der Waals surface area contributed by atoms with Crippen molar-refractivity contribution in [3.8, 4) is 0 Å². The van der Waals surface area contributed by atoms with Gasteiger partial charge in [-0.1, -0.05) is 13.3 Å². The van der Waals surface area contributed by atoms with Crippen molar-refractivity contribution >= 4 is 12.1 Å². The summed E-state index contributed by atoms with van der Waals surface area (Å²) in [4.78, 5) is 22.1. The van der Waals surface area contributed by atoms with E-state index in [0.717, 1.165) is 12.8 Å². The van der Waals surface area contributed by atoms with Gasteiger partial charge in [0, 0.05) is 20.1 Å². The first-order valence-corrected chi connectivity index (χ1v) is 6.50. The minimum Gasteiger partial charge on any atom is -0.424 e. The molecule has 0 aromatic heterocycles. The van der Waals surface area contributed by atoms with Gasteiger partial charge < -0.3 is 24.3 Å². The molecule has 2 rings (SSSR count). The first-order chi connectivity index (χ1) is 9.11. The van der Waals surface area contributed by atoms with Gasteiger partial charge in [0.2, 0.25) is 5.91 Å². The van der Waals surface area contributed by atoms with Gasteiger partial charge in [-0.15, -0.1) is 0 Å². The molecule has 7 heteroatoms. The summed E-state index contributed by atoms with van der Waals surface area (Å²) in [5, 5.41) is 2.64. The van der Waals surface area contributed by atoms with Gasteiger partial charge in [-0.2, -0.15) is 0 Å². The SMILES string of the molecule is CCCCO[C@@H]1O[C@H](CNC(C)=O)[C@H]2OC(=O)O[C@@H]12. The topological polar surface area (TPSA) is 83.1 Å². The Bertz CT molecular complexity index is 347. The molecule has 0 bridgehead atoms.